The van der Waals surface area contributed by atoms with Crippen LogP contribution >= 0.6 is 0 Å². The molecule has 3 aromatic rings. The second-order valence-corrected chi connectivity index (χ2v) is 5.34. The minimum absolute atomic E-state index is 0.216. The molecule has 21 heavy (non-hydrogen) atoms. The predicted molar refractivity (Wildman–Crippen MR) is 79.6 cm³/mol. The molecule has 0 saturated carbocycles. The van der Waals surface area contributed by atoms with Gasteiger partial charge in [0.1, 0.15) is 5.82 Å². The number of nitrogens with two attached hydrogens (primary N) is 1. The van der Waals surface area contributed by atoms with E-state index in [1.54, 1.807) is 0 Å². The smallest absolute Gasteiger partial charge is 0.243 e. The summed E-state index contributed by atoms with van der Waals surface area (Å²) in [6.07, 6.45) is 1.48. The Morgan fingerprint density at radius 3 is 2.86 bits per heavy atom. The maximum absolute atomic E-state index is 6.10. The van der Waals surface area contributed by atoms with Gasteiger partial charge < -0.3 is 15.2 Å². The van der Waals surface area contributed by atoms with E-state index in [0.29, 0.717) is 24.1 Å². The van der Waals surface area contributed by atoms with E-state index >= 15 is 0 Å². The Balaban J connectivity index is 1.77. The number of nitrogens with zero attached hydrogens (tertiary/aromatic N) is 3. The lowest BCUT2D eigenvalue weighted by molar-refractivity contribution is 0.310. The van der Waals surface area contributed by atoms with Crippen LogP contribution in [0.5, 0.6) is 0 Å². The number of H-pyrrole nitrogens is 1. The molecule has 0 aliphatic rings. The molecule has 0 radical (unpaired) electrons. The molecule has 6 nitrogen and oxygen atoms in total. The summed E-state index contributed by atoms with van der Waals surface area (Å²) in [6.45, 7) is 4.17. The van der Waals surface area contributed by atoms with Gasteiger partial charge >= 0.3 is 0 Å². The molecule has 0 aliphatic heterocycles. The molecule has 1 aromatic carbocycles. The second-order valence-electron chi connectivity index (χ2n) is 5.34. The highest BCUT2D eigenvalue weighted by molar-refractivity contribution is 5.74. The lowest BCUT2D eigenvalue weighted by Crippen LogP contribution is -2.18. The molecule has 3 rings (SSSR count). The van der Waals surface area contributed by atoms with Gasteiger partial charge in [-0.05, 0) is 18.1 Å². The molecular formula is C15H19N5O. The first-order chi connectivity index (χ1) is 10.2. The van der Waals surface area contributed by atoms with Crippen LogP contribution in [0.2, 0.25) is 0 Å². The Morgan fingerprint density at radius 2 is 2.10 bits per heavy atom. The van der Waals surface area contributed by atoms with Gasteiger partial charge in [0.15, 0.2) is 5.82 Å². The van der Waals surface area contributed by atoms with Gasteiger partial charge in [-0.2, -0.15) is 4.98 Å². The van der Waals surface area contributed by atoms with Crippen molar-refractivity contribution >= 4 is 11.0 Å². The van der Waals surface area contributed by atoms with Crippen LogP contribution in [0.1, 0.15) is 43.8 Å². The first-order valence-corrected chi connectivity index (χ1v) is 7.19. The number of para-hydroxylation sites is 2. The fourth-order valence-electron chi connectivity index (χ4n) is 2.21. The molecule has 2 aromatic heterocycles. The summed E-state index contributed by atoms with van der Waals surface area (Å²) in [4.78, 5) is 12.1. The number of imidazole rings is 1. The van der Waals surface area contributed by atoms with Crippen LogP contribution in [0.25, 0.3) is 11.0 Å². The SMILES string of the molecule is CCC(C)C(N)c1nc(Cc2nc3ccccc3[nH]2)no1. The summed E-state index contributed by atoms with van der Waals surface area (Å²) in [5, 5.41) is 3.99. The number of hydrogen-bond donors (Lipinski definition) is 2. The number of aromatic amines is 1. The van der Waals surface area contributed by atoms with Crippen molar-refractivity contribution in [3.05, 3.63) is 41.8 Å². The number of hydrogen-bond acceptors (Lipinski definition) is 5. The number of fused-ring (bicyclic) bond motifs is 1. The highest BCUT2D eigenvalue weighted by atomic mass is 16.5. The van der Waals surface area contributed by atoms with Crippen LogP contribution in [0, 0.1) is 5.92 Å². The highest BCUT2D eigenvalue weighted by Crippen LogP contribution is 2.20. The normalized spacial score (nSPS) is 14.4. The molecule has 110 valence electrons. The number of rotatable bonds is 5. The molecule has 0 aliphatic carbocycles. The zero-order valence-electron chi connectivity index (χ0n) is 12.2. The molecule has 0 amide bonds. The van der Waals surface area contributed by atoms with Crippen molar-refractivity contribution in [3.8, 4) is 0 Å². The first-order valence-electron chi connectivity index (χ1n) is 7.19. The van der Waals surface area contributed by atoms with Crippen molar-refractivity contribution in [1.29, 1.82) is 0 Å². The number of aromatic nitrogens is 4. The van der Waals surface area contributed by atoms with E-state index in [1.807, 2.05) is 24.3 Å². The minimum Gasteiger partial charge on any atom is -0.342 e. The Kier molecular flexibility index (Phi) is 3.70. The van der Waals surface area contributed by atoms with Gasteiger partial charge in [0, 0.05) is 0 Å². The second kappa shape index (κ2) is 5.65. The average Bonchev–Trinajstić information content (AvgIpc) is 3.12. The van der Waals surface area contributed by atoms with Crippen molar-refractivity contribution in [2.45, 2.75) is 32.7 Å². The van der Waals surface area contributed by atoms with Crippen LogP contribution in [-0.4, -0.2) is 20.1 Å². The third kappa shape index (κ3) is 2.80. The Morgan fingerprint density at radius 1 is 1.29 bits per heavy atom. The largest absolute Gasteiger partial charge is 0.342 e. The molecule has 6 heteroatoms. The van der Waals surface area contributed by atoms with E-state index in [4.69, 9.17) is 10.3 Å². The van der Waals surface area contributed by atoms with Gasteiger partial charge in [0.2, 0.25) is 5.89 Å². The standard InChI is InChI=1S/C15H19N5O/c1-3-9(2)14(16)15-19-13(20-21-15)8-12-17-10-6-4-5-7-11(10)18-12/h4-7,9,14H,3,8,16H2,1-2H3,(H,17,18). The lowest BCUT2D eigenvalue weighted by Gasteiger charge is -2.12. The summed E-state index contributed by atoms with van der Waals surface area (Å²) in [5.41, 5.74) is 8.04. The quantitative estimate of drug-likeness (QED) is 0.751. The number of nitrogens with one attached hydrogen (secondary N) is 1. The van der Waals surface area contributed by atoms with E-state index in [0.717, 1.165) is 23.3 Å². The van der Waals surface area contributed by atoms with Gasteiger partial charge in [0.25, 0.3) is 0 Å². The molecule has 2 heterocycles. The maximum Gasteiger partial charge on any atom is 0.243 e. The van der Waals surface area contributed by atoms with Gasteiger partial charge in [-0.25, -0.2) is 4.98 Å². The van der Waals surface area contributed by atoms with Crippen molar-refractivity contribution in [1.82, 2.24) is 20.1 Å². The first kappa shape index (κ1) is 13.8. The fraction of sp³-hybridized carbons (Fsp3) is 0.400. The third-order valence-corrected chi connectivity index (χ3v) is 3.79. The minimum atomic E-state index is -0.216. The third-order valence-electron chi connectivity index (χ3n) is 3.79. The lowest BCUT2D eigenvalue weighted by atomic mass is 10.0. The Hall–Kier alpha value is -2.21. The maximum atomic E-state index is 6.10. The molecule has 3 N–H and O–H groups in total. The summed E-state index contributed by atoms with van der Waals surface area (Å²) in [5.74, 6) is 2.23. The fourth-order valence-corrected chi connectivity index (χ4v) is 2.21. The summed E-state index contributed by atoms with van der Waals surface area (Å²) in [7, 11) is 0. The summed E-state index contributed by atoms with van der Waals surface area (Å²) >= 11 is 0. The van der Waals surface area contributed by atoms with Crippen molar-refractivity contribution < 1.29 is 4.52 Å². The van der Waals surface area contributed by atoms with Crippen LogP contribution in [-0.2, 0) is 6.42 Å². The summed E-state index contributed by atoms with van der Waals surface area (Å²) in [6, 6.07) is 7.68. The van der Waals surface area contributed by atoms with E-state index in [9.17, 15) is 0 Å². The molecule has 2 atom stereocenters. The van der Waals surface area contributed by atoms with Gasteiger partial charge in [-0.15, -0.1) is 0 Å². The van der Waals surface area contributed by atoms with Gasteiger partial charge in [-0.3, -0.25) is 0 Å². The molecule has 0 fully saturated rings. The molecule has 2 unspecified atom stereocenters. The molecule has 0 bridgehead atoms. The van der Waals surface area contributed by atoms with Crippen molar-refractivity contribution in [3.63, 3.8) is 0 Å². The highest BCUT2D eigenvalue weighted by Gasteiger charge is 2.20. The van der Waals surface area contributed by atoms with Crippen molar-refractivity contribution in [2.75, 3.05) is 0 Å². The molecular weight excluding hydrogens is 266 g/mol. The van der Waals surface area contributed by atoms with E-state index in [-0.39, 0.29) is 6.04 Å². The zero-order valence-corrected chi connectivity index (χ0v) is 12.2. The van der Waals surface area contributed by atoms with E-state index in [1.165, 1.54) is 0 Å². The van der Waals surface area contributed by atoms with Crippen LogP contribution in [0.3, 0.4) is 0 Å². The van der Waals surface area contributed by atoms with Crippen LogP contribution in [0.4, 0.5) is 0 Å². The predicted octanol–water partition coefficient (Wildman–Crippen LogP) is 2.58. The number of benzene rings is 1. The Labute approximate surface area is 122 Å². The van der Waals surface area contributed by atoms with Crippen molar-refractivity contribution in [2.24, 2.45) is 11.7 Å². The van der Waals surface area contributed by atoms with E-state index in [2.05, 4.69) is 34.0 Å². The van der Waals surface area contributed by atoms with Crippen LogP contribution < -0.4 is 5.73 Å². The topological polar surface area (TPSA) is 93.6 Å². The molecule has 0 saturated heterocycles. The van der Waals surface area contributed by atoms with E-state index < -0.39 is 0 Å². The Bertz CT molecular complexity index is 699. The average molecular weight is 285 g/mol. The zero-order chi connectivity index (χ0) is 14.8. The van der Waals surface area contributed by atoms with Gasteiger partial charge in [-0.1, -0.05) is 37.6 Å². The monoisotopic (exact) mass is 285 g/mol. The van der Waals surface area contributed by atoms with Gasteiger partial charge in [0.05, 0.1) is 23.5 Å². The molecule has 0 spiro atoms. The summed E-state index contributed by atoms with van der Waals surface area (Å²) < 4.78 is 5.27. The van der Waals surface area contributed by atoms with Crippen LogP contribution in [0.15, 0.2) is 28.8 Å².